The number of nitrogens with two attached hydrogens (primary N) is 1. The maximum Gasteiger partial charge on any atom is 0.232 e. The highest BCUT2D eigenvalue weighted by Crippen LogP contribution is 2.31. The van der Waals surface area contributed by atoms with Crippen molar-refractivity contribution in [3.05, 3.63) is 42.5 Å². The molecule has 2 heterocycles. The standard InChI is InChI=1S/C14H16N8S/c1-9(23-14-21-16-8-22(14)2)11-18-12(15)20-13(19-11)17-10-6-4-3-5-7-10/h3-9H,1-2H3,(H3,15,17,18,19,20)/t9-/m0/s1. The van der Waals surface area contributed by atoms with Gasteiger partial charge in [0.15, 0.2) is 5.16 Å². The van der Waals surface area contributed by atoms with Gasteiger partial charge in [-0.25, -0.2) is 0 Å². The number of benzene rings is 1. The quantitative estimate of drug-likeness (QED) is 0.686. The molecule has 2 aromatic heterocycles. The number of para-hydroxylation sites is 1. The molecule has 3 aromatic rings. The Morgan fingerprint density at radius 2 is 1.96 bits per heavy atom. The fourth-order valence-corrected chi connectivity index (χ4v) is 2.72. The summed E-state index contributed by atoms with van der Waals surface area (Å²) in [6.07, 6.45) is 1.65. The van der Waals surface area contributed by atoms with Crippen LogP contribution >= 0.6 is 11.8 Å². The summed E-state index contributed by atoms with van der Waals surface area (Å²) in [6, 6.07) is 9.66. The summed E-state index contributed by atoms with van der Waals surface area (Å²) in [7, 11) is 1.89. The molecule has 1 atom stereocenters. The van der Waals surface area contributed by atoms with Gasteiger partial charge >= 0.3 is 0 Å². The molecule has 0 spiro atoms. The average Bonchev–Trinajstić information content (AvgIpc) is 2.93. The van der Waals surface area contributed by atoms with Gasteiger partial charge in [0, 0.05) is 12.7 Å². The summed E-state index contributed by atoms with van der Waals surface area (Å²) in [5.41, 5.74) is 6.70. The molecule has 0 radical (unpaired) electrons. The van der Waals surface area contributed by atoms with Crippen molar-refractivity contribution in [2.45, 2.75) is 17.3 Å². The van der Waals surface area contributed by atoms with Crippen molar-refractivity contribution < 1.29 is 0 Å². The third kappa shape index (κ3) is 3.75. The summed E-state index contributed by atoms with van der Waals surface area (Å²) >= 11 is 1.51. The highest BCUT2D eigenvalue weighted by molar-refractivity contribution is 7.99. The molecule has 0 bridgehead atoms. The predicted molar refractivity (Wildman–Crippen MR) is 89.2 cm³/mol. The van der Waals surface area contributed by atoms with Crippen LogP contribution in [0.5, 0.6) is 0 Å². The number of rotatable bonds is 5. The lowest BCUT2D eigenvalue weighted by Crippen LogP contribution is -2.08. The molecule has 0 unspecified atom stereocenters. The molecule has 118 valence electrons. The number of anilines is 3. The van der Waals surface area contributed by atoms with Crippen molar-refractivity contribution in [2.24, 2.45) is 7.05 Å². The molecule has 3 rings (SSSR count). The van der Waals surface area contributed by atoms with Crippen molar-refractivity contribution in [3.63, 3.8) is 0 Å². The van der Waals surface area contributed by atoms with E-state index in [9.17, 15) is 0 Å². The predicted octanol–water partition coefficient (Wildman–Crippen LogP) is 2.18. The normalized spacial score (nSPS) is 12.1. The number of aromatic nitrogens is 6. The average molecular weight is 328 g/mol. The van der Waals surface area contributed by atoms with Gasteiger partial charge in [0.25, 0.3) is 0 Å². The first-order valence-corrected chi connectivity index (χ1v) is 7.84. The summed E-state index contributed by atoms with van der Waals surface area (Å²) in [4.78, 5) is 12.8. The fourth-order valence-electron chi connectivity index (χ4n) is 1.89. The lowest BCUT2D eigenvalue weighted by atomic mass is 10.3. The third-order valence-corrected chi connectivity index (χ3v) is 4.16. The van der Waals surface area contributed by atoms with E-state index in [0.29, 0.717) is 11.8 Å². The largest absolute Gasteiger partial charge is 0.368 e. The van der Waals surface area contributed by atoms with Crippen LogP contribution in [0.25, 0.3) is 0 Å². The van der Waals surface area contributed by atoms with Gasteiger partial charge in [-0.3, -0.25) is 0 Å². The maximum atomic E-state index is 5.81. The number of aryl methyl sites for hydroxylation is 1. The molecular formula is C14H16N8S. The molecule has 0 aliphatic carbocycles. The minimum Gasteiger partial charge on any atom is -0.368 e. The molecule has 0 fully saturated rings. The molecule has 1 aromatic carbocycles. The van der Waals surface area contributed by atoms with Gasteiger partial charge in [0.05, 0.1) is 5.25 Å². The van der Waals surface area contributed by atoms with Crippen molar-refractivity contribution in [2.75, 3.05) is 11.1 Å². The molecule has 0 saturated heterocycles. The number of nitrogen functional groups attached to an aromatic ring is 1. The first-order chi connectivity index (χ1) is 11.1. The van der Waals surface area contributed by atoms with Crippen LogP contribution in [0.3, 0.4) is 0 Å². The molecule has 3 N–H and O–H groups in total. The Bertz CT molecular complexity index is 788. The summed E-state index contributed by atoms with van der Waals surface area (Å²) < 4.78 is 1.84. The Morgan fingerprint density at radius 3 is 2.65 bits per heavy atom. The number of nitrogens with zero attached hydrogens (tertiary/aromatic N) is 6. The van der Waals surface area contributed by atoms with Crippen LogP contribution in [0.2, 0.25) is 0 Å². The summed E-state index contributed by atoms with van der Waals surface area (Å²) in [6.45, 7) is 1.99. The smallest absolute Gasteiger partial charge is 0.232 e. The molecule has 0 amide bonds. The van der Waals surface area contributed by atoms with E-state index in [-0.39, 0.29) is 11.2 Å². The van der Waals surface area contributed by atoms with Crippen LogP contribution in [0.4, 0.5) is 17.6 Å². The van der Waals surface area contributed by atoms with Crippen molar-refractivity contribution in [1.29, 1.82) is 0 Å². The molecule has 0 aliphatic heterocycles. The number of thioether (sulfide) groups is 1. The van der Waals surface area contributed by atoms with E-state index in [4.69, 9.17) is 5.73 Å². The Morgan fingerprint density at radius 1 is 1.17 bits per heavy atom. The van der Waals surface area contributed by atoms with E-state index in [1.54, 1.807) is 6.33 Å². The summed E-state index contributed by atoms with van der Waals surface area (Å²) in [5, 5.41) is 11.8. The van der Waals surface area contributed by atoms with Gasteiger partial charge in [0.1, 0.15) is 12.2 Å². The second-order valence-corrected chi connectivity index (χ2v) is 6.16. The zero-order chi connectivity index (χ0) is 16.2. The maximum absolute atomic E-state index is 5.81. The Balaban J connectivity index is 1.81. The molecule has 0 saturated carbocycles. The van der Waals surface area contributed by atoms with E-state index in [2.05, 4.69) is 30.5 Å². The minimum absolute atomic E-state index is 0.0421. The van der Waals surface area contributed by atoms with Crippen LogP contribution in [-0.4, -0.2) is 29.7 Å². The lowest BCUT2D eigenvalue weighted by molar-refractivity contribution is 0.781. The van der Waals surface area contributed by atoms with Crippen LogP contribution in [0, 0.1) is 0 Å². The van der Waals surface area contributed by atoms with Crippen molar-refractivity contribution in [3.8, 4) is 0 Å². The zero-order valence-corrected chi connectivity index (χ0v) is 13.5. The van der Waals surface area contributed by atoms with Gasteiger partial charge in [0.2, 0.25) is 11.9 Å². The van der Waals surface area contributed by atoms with Gasteiger partial charge in [-0.1, -0.05) is 30.0 Å². The first kappa shape index (κ1) is 15.2. The second kappa shape index (κ2) is 6.61. The molecule has 9 heteroatoms. The van der Waals surface area contributed by atoms with Crippen LogP contribution in [0.15, 0.2) is 41.8 Å². The zero-order valence-electron chi connectivity index (χ0n) is 12.7. The van der Waals surface area contributed by atoms with Crippen LogP contribution in [-0.2, 0) is 7.05 Å². The van der Waals surface area contributed by atoms with E-state index < -0.39 is 0 Å². The number of hydrogen-bond donors (Lipinski definition) is 2. The number of nitrogens with one attached hydrogen (secondary N) is 1. The van der Waals surface area contributed by atoms with Gasteiger partial charge in [-0.05, 0) is 19.1 Å². The Kier molecular flexibility index (Phi) is 4.38. The molecular weight excluding hydrogens is 312 g/mol. The highest BCUT2D eigenvalue weighted by atomic mass is 32.2. The Labute approximate surface area is 137 Å². The van der Waals surface area contributed by atoms with E-state index in [1.165, 1.54) is 11.8 Å². The van der Waals surface area contributed by atoms with Crippen LogP contribution in [0.1, 0.15) is 18.0 Å². The van der Waals surface area contributed by atoms with E-state index in [0.717, 1.165) is 10.8 Å². The second-order valence-electron chi connectivity index (χ2n) is 4.85. The summed E-state index contributed by atoms with van der Waals surface area (Å²) in [5.74, 6) is 1.19. The van der Waals surface area contributed by atoms with Gasteiger partial charge in [-0.15, -0.1) is 10.2 Å². The third-order valence-electron chi connectivity index (χ3n) is 3.02. The van der Waals surface area contributed by atoms with Gasteiger partial charge < -0.3 is 15.6 Å². The number of hydrogen-bond acceptors (Lipinski definition) is 8. The van der Waals surface area contributed by atoms with E-state index >= 15 is 0 Å². The monoisotopic (exact) mass is 328 g/mol. The van der Waals surface area contributed by atoms with Crippen molar-refractivity contribution >= 4 is 29.3 Å². The van der Waals surface area contributed by atoms with Crippen molar-refractivity contribution in [1.82, 2.24) is 29.7 Å². The minimum atomic E-state index is -0.0421. The molecule has 0 aliphatic rings. The van der Waals surface area contributed by atoms with E-state index in [1.807, 2.05) is 48.9 Å². The first-order valence-electron chi connectivity index (χ1n) is 6.96. The van der Waals surface area contributed by atoms with Crippen LogP contribution < -0.4 is 11.1 Å². The molecule has 23 heavy (non-hydrogen) atoms. The lowest BCUT2D eigenvalue weighted by Gasteiger charge is -2.11. The Hall–Kier alpha value is -2.68. The highest BCUT2D eigenvalue weighted by Gasteiger charge is 2.16. The van der Waals surface area contributed by atoms with Gasteiger partial charge in [-0.2, -0.15) is 15.0 Å². The molecule has 8 nitrogen and oxygen atoms in total. The fraction of sp³-hybridized carbons (Fsp3) is 0.214. The topological polar surface area (TPSA) is 107 Å². The SMILES string of the molecule is C[C@H](Sc1nncn1C)c1nc(N)nc(Nc2ccccc2)n1.